The number of hydrogen-bond acceptors (Lipinski definition) is 3. The summed E-state index contributed by atoms with van der Waals surface area (Å²) in [4.78, 5) is 10.9. The number of carbonyl (C=O) groups is 1. The van der Waals surface area contributed by atoms with Gasteiger partial charge >= 0.3 is 5.97 Å². The number of hydrogen-bond donors (Lipinski definition) is 2. The van der Waals surface area contributed by atoms with Crippen molar-refractivity contribution in [3.05, 3.63) is 29.8 Å². The van der Waals surface area contributed by atoms with E-state index in [4.69, 9.17) is 9.84 Å². The molecule has 0 bridgehead atoms. The summed E-state index contributed by atoms with van der Waals surface area (Å²) in [5, 5.41) is 12.4. The molecule has 4 nitrogen and oxygen atoms in total. The highest BCUT2D eigenvalue weighted by molar-refractivity contribution is 5.70. The molecule has 0 aliphatic heterocycles. The maximum Gasteiger partial charge on any atom is 0.306 e. The summed E-state index contributed by atoms with van der Waals surface area (Å²) >= 11 is 0. The van der Waals surface area contributed by atoms with Gasteiger partial charge < -0.3 is 15.2 Å². The first-order valence-electron chi connectivity index (χ1n) is 7.31. The Balaban J connectivity index is 1.61. The van der Waals surface area contributed by atoms with Gasteiger partial charge in [-0.3, -0.25) is 4.79 Å². The summed E-state index contributed by atoms with van der Waals surface area (Å²) in [6.45, 7) is 3.49. The van der Waals surface area contributed by atoms with Crippen LogP contribution in [0.5, 0.6) is 5.75 Å². The zero-order valence-corrected chi connectivity index (χ0v) is 12.0. The van der Waals surface area contributed by atoms with E-state index in [0.29, 0.717) is 12.6 Å². The van der Waals surface area contributed by atoms with Crippen molar-refractivity contribution in [1.29, 1.82) is 0 Å². The van der Waals surface area contributed by atoms with Crippen molar-refractivity contribution >= 4 is 5.97 Å². The number of aryl methyl sites for hydroxylation is 1. The second-order valence-electron chi connectivity index (χ2n) is 5.51. The number of rotatable bonds is 6. The average molecular weight is 277 g/mol. The molecule has 0 spiro atoms. The highest BCUT2D eigenvalue weighted by atomic mass is 16.5. The van der Waals surface area contributed by atoms with Crippen molar-refractivity contribution in [3.63, 3.8) is 0 Å². The van der Waals surface area contributed by atoms with E-state index in [1.165, 1.54) is 5.56 Å². The third kappa shape index (κ3) is 4.53. The van der Waals surface area contributed by atoms with Crippen LogP contribution in [0.3, 0.4) is 0 Å². The fraction of sp³-hybridized carbons (Fsp3) is 0.562. The number of benzene rings is 1. The smallest absolute Gasteiger partial charge is 0.306 e. The normalized spacial score (nSPS) is 22.4. The molecular weight excluding hydrogens is 254 g/mol. The Morgan fingerprint density at radius 2 is 2.10 bits per heavy atom. The third-order valence-corrected chi connectivity index (χ3v) is 3.87. The molecule has 2 rings (SSSR count). The number of ether oxygens (including phenoxy) is 1. The Morgan fingerprint density at radius 3 is 2.75 bits per heavy atom. The minimum atomic E-state index is -0.647. The molecule has 1 aliphatic carbocycles. The Kier molecular flexibility index (Phi) is 5.41. The van der Waals surface area contributed by atoms with Gasteiger partial charge in [0.25, 0.3) is 0 Å². The van der Waals surface area contributed by atoms with Gasteiger partial charge in [0.2, 0.25) is 0 Å². The van der Waals surface area contributed by atoms with E-state index < -0.39 is 5.97 Å². The van der Waals surface area contributed by atoms with Gasteiger partial charge in [0, 0.05) is 12.6 Å². The second-order valence-corrected chi connectivity index (χ2v) is 5.51. The molecule has 1 aromatic rings. The molecule has 1 fully saturated rings. The summed E-state index contributed by atoms with van der Waals surface area (Å²) in [6.07, 6.45) is 3.46. The first-order chi connectivity index (χ1) is 9.65. The Hall–Kier alpha value is -1.55. The SMILES string of the molecule is Cc1cccc(OCCNC2CCC(C(=O)O)CC2)c1. The van der Waals surface area contributed by atoms with Gasteiger partial charge in [0.05, 0.1) is 5.92 Å². The van der Waals surface area contributed by atoms with E-state index in [1.54, 1.807) is 0 Å². The van der Waals surface area contributed by atoms with Crippen molar-refractivity contribution in [2.75, 3.05) is 13.2 Å². The Morgan fingerprint density at radius 1 is 1.35 bits per heavy atom. The van der Waals surface area contributed by atoms with Crippen LogP contribution >= 0.6 is 0 Å². The van der Waals surface area contributed by atoms with Crippen LogP contribution in [-0.4, -0.2) is 30.3 Å². The van der Waals surface area contributed by atoms with Crippen molar-refractivity contribution in [3.8, 4) is 5.75 Å². The highest BCUT2D eigenvalue weighted by Gasteiger charge is 2.25. The van der Waals surface area contributed by atoms with E-state index in [1.807, 2.05) is 31.2 Å². The van der Waals surface area contributed by atoms with Crippen LogP contribution < -0.4 is 10.1 Å². The van der Waals surface area contributed by atoms with E-state index in [9.17, 15) is 4.79 Å². The van der Waals surface area contributed by atoms with Crippen LogP contribution in [0.25, 0.3) is 0 Å². The predicted molar refractivity (Wildman–Crippen MR) is 78.1 cm³/mol. The van der Waals surface area contributed by atoms with Crippen LogP contribution in [0.1, 0.15) is 31.2 Å². The number of aliphatic carboxylic acids is 1. The summed E-state index contributed by atoms with van der Waals surface area (Å²) in [5.41, 5.74) is 1.20. The minimum absolute atomic E-state index is 0.142. The molecule has 110 valence electrons. The van der Waals surface area contributed by atoms with Crippen LogP contribution in [0.15, 0.2) is 24.3 Å². The monoisotopic (exact) mass is 277 g/mol. The largest absolute Gasteiger partial charge is 0.492 e. The van der Waals surface area contributed by atoms with Crippen LogP contribution in [0, 0.1) is 12.8 Å². The molecule has 0 saturated heterocycles. The first-order valence-corrected chi connectivity index (χ1v) is 7.31. The summed E-state index contributed by atoms with van der Waals surface area (Å²) in [7, 11) is 0. The molecule has 2 N–H and O–H groups in total. The third-order valence-electron chi connectivity index (χ3n) is 3.87. The van der Waals surface area contributed by atoms with Gasteiger partial charge in [-0.05, 0) is 50.3 Å². The van der Waals surface area contributed by atoms with Crippen LogP contribution in [0.4, 0.5) is 0 Å². The summed E-state index contributed by atoms with van der Waals surface area (Å²) in [5.74, 6) is 0.115. The standard InChI is InChI=1S/C16H23NO3/c1-12-3-2-4-15(11-12)20-10-9-17-14-7-5-13(6-8-14)16(18)19/h2-4,11,13-14,17H,5-10H2,1H3,(H,18,19). The van der Waals surface area contributed by atoms with E-state index in [0.717, 1.165) is 38.0 Å². The van der Waals surface area contributed by atoms with Crippen molar-refractivity contribution in [2.24, 2.45) is 5.92 Å². The molecule has 20 heavy (non-hydrogen) atoms. The molecule has 1 aromatic carbocycles. The highest BCUT2D eigenvalue weighted by Crippen LogP contribution is 2.24. The van der Waals surface area contributed by atoms with Gasteiger partial charge in [-0.1, -0.05) is 12.1 Å². The summed E-state index contributed by atoms with van der Waals surface area (Å²) < 4.78 is 5.68. The lowest BCUT2D eigenvalue weighted by Gasteiger charge is -2.26. The topological polar surface area (TPSA) is 58.6 Å². The van der Waals surface area contributed by atoms with Crippen LogP contribution in [0.2, 0.25) is 0 Å². The fourth-order valence-electron chi connectivity index (χ4n) is 2.68. The van der Waals surface area contributed by atoms with E-state index in [-0.39, 0.29) is 5.92 Å². The van der Waals surface area contributed by atoms with Crippen molar-refractivity contribution in [1.82, 2.24) is 5.32 Å². The van der Waals surface area contributed by atoms with Gasteiger partial charge in [-0.2, -0.15) is 0 Å². The average Bonchev–Trinajstić information content (AvgIpc) is 2.44. The van der Waals surface area contributed by atoms with Gasteiger partial charge in [-0.15, -0.1) is 0 Å². The number of carboxylic acid groups (broad SMARTS) is 1. The molecule has 0 atom stereocenters. The lowest BCUT2D eigenvalue weighted by molar-refractivity contribution is -0.142. The molecule has 1 saturated carbocycles. The second kappa shape index (κ2) is 7.29. The van der Waals surface area contributed by atoms with Crippen LogP contribution in [-0.2, 0) is 4.79 Å². The first kappa shape index (κ1) is 14.9. The lowest BCUT2D eigenvalue weighted by Crippen LogP contribution is -2.37. The molecule has 4 heteroatoms. The van der Waals surface area contributed by atoms with Crippen molar-refractivity contribution in [2.45, 2.75) is 38.6 Å². The molecule has 0 unspecified atom stereocenters. The lowest BCUT2D eigenvalue weighted by atomic mass is 9.86. The molecule has 0 heterocycles. The molecule has 0 aromatic heterocycles. The maximum atomic E-state index is 10.9. The molecular formula is C16H23NO3. The number of nitrogens with one attached hydrogen (secondary N) is 1. The Bertz CT molecular complexity index is 439. The molecule has 0 amide bonds. The minimum Gasteiger partial charge on any atom is -0.492 e. The van der Waals surface area contributed by atoms with Gasteiger partial charge in [0.1, 0.15) is 12.4 Å². The molecule has 0 radical (unpaired) electrons. The molecule has 1 aliphatic rings. The Labute approximate surface area is 120 Å². The predicted octanol–water partition coefficient (Wildman–Crippen LogP) is 2.61. The van der Waals surface area contributed by atoms with E-state index >= 15 is 0 Å². The van der Waals surface area contributed by atoms with Gasteiger partial charge in [-0.25, -0.2) is 0 Å². The van der Waals surface area contributed by atoms with Crippen molar-refractivity contribution < 1.29 is 14.6 Å². The van der Waals surface area contributed by atoms with E-state index in [2.05, 4.69) is 5.32 Å². The maximum absolute atomic E-state index is 10.9. The number of carboxylic acids is 1. The zero-order valence-electron chi connectivity index (χ0n) is 12.0. The quantitative estimate of drug-likeness (QED) is 0.785. The zero-order chi connectivity index (χ0) is 14.4. The summed E-state index contributed by atoms with van der Waals surface area (Å²) in [6, 6.07) is 8.46. The van der Waals surface area contributed by atoms with Gasteiger partial charge in [0.15, 0.2) is 0 Å². The fourth-order valence-corrected chi connectivity index (χ4v) is 2.68.